The second-order valence-corrected chi connectivity index (χ2v) is 10.2. The molecule has 3 nitrogen and oxygen atoms in total. The highest BCUT2D eigenvalue weighted by molar-refractivity contribution is 6.41. The zero-order valence-corrected chi connectivity index (χ0v) is 19.6. The molecule has 0 saturated carbocycles. The Balaban J connectivity index is 1.52. The van der Waals surface area contributed by atoms with Gasteiger partial charge in [0.25, 0.3) is 0 Å². The van der Waals surface area contributed by atoms with Crippen LogP contribution in [0.4, 0.5) is 5.69 Å². The van der Waals surface area contributed by atoms with E-state index >= 15 is 0 Å². The fourth-order valence-electron chi connectivity index (χ4n) is 6.91. The maximum atomic E-state index is 13.6. The van der Waals surface area contributed by atoms with Gasteiger partial charge in [-0.05, 0) is 84.9 Å². The molecule has 0 fully saturated rings. The molecule has 170 valence electrons. The molecule has 9 rings (SSSR count). The van der Waals surface area contributed by atoms with Crippen molar-refractivity contribution in [2.75, 3.05) is 5.73 Å². The number of nitrogens with two attached hydrogens (primary N) is 1. The Morgan fingerprint density at radius 3 is 1.38 bits per heavy atom. The van der Waals surface area contributed by atoms with E-state index in [-0.39, 0.29) is 11.6 Å². The minimum absolute atomic E-state index is 0.0319. The number of fused-ring (bicyclic) bond motifs is 6. The SMILES string of the molecule is Nc1ccc2c(c1)-c1ccc3c4ccc5c6c(ccc(c7ccc(c1c73)C2=O)c64)C(=O)c1ccccc1-5. The summed E-state index contributed by atoms with van der Waals surface area (Å²) in [5, 5.41) is 8.60. The van der Waals surface area contributed by atoms with Gasteiger partial charge in [-0.1, -0.05) is 60.7 Å². The normalized spacial score (nSPS) is 13.6. The van der Waals surface area contributed by atoms with Gasteiger partial charge in [0.15, 0.2) is 11.6 Å². The van der Waals surface area contributed by atoms with Crippen LogP contribution in [0.25, 0.3) is 65.3 Å². The van der Waals surface area contributed by atoms with Crippen LogP contribution < -0.4 is 5.73 Å². The van der Waals surface area contributed by atoms with Crippen molar-refractivity contribution in [2.24, 2.45) is 0 Å². The van der Waals surface area contributed by atoms with E-state index in [0.29, 0.717) is 11.3 Å². The van der Waals surface area contributed by atoms with Gasteiger partial charge >= 0.3 is 0 Å². The first-order valence-electron chi connectivity index (χ1n) is 12.4. The molecule has 0 saturated heterocycles. The van der Waals surface area contributed by atoms with Gasteiger partial charge in [-0.2, -0.15) is 0 Å². The fourth-order valence-corrected chi connectivity index (χ4v) is 6.91. The third-order valence-corrected chi connectivity index (χ3v) is 8.43. The Hall–Kier alpha value is -5.02. The number of hydrogen-bond acceptors (Lipinski definition) is 3. The maximum absolute atomic E-state index is 13.6. The molecule has 7 aromatic rings. The van der Waals surface area contributed by atoms with Gasteiger partial charge < -0.3 is 5.73 Å². The number of benzene rings is 7. The Morgan fingerprint density at radius 1 is 0.378 bits per heavy atom. The topological polar surface area (TPSA) is 60.2 Å². The summed E-state index contributed by atoms with van der Waals surface area (Å²) in [6.07, 6.45) is 0. The van der Waals surface area contributed by atoms with Crippen molar-refractivity contribution in [3.8, 4) is 22.3 Å². The van der Waals surface area contributed by atoms with Crippen molar-refractivity contribution in [3.63, 3.8) is 0 Å². The number of anilines is 1. The van der Waals surface area contributed by atoms with Gasteiger partial charge in [-0.15, -0.1) is 0 Å². The Kier molecular flexibility index (Phi) is 3.22. The first-order chi connectivity index (χ1) is 18.1. The lowest BCUT2D eigenvalue weighted by atomic mass is 9.76. The van der Waals surface area contributed by atoms with E-state index in [1.165, 1.54) is 0 Å². The summed E-state index contributed by atoms with van der Waals surface area (Å²) in [4.78, 5) is 27.1. The molecule has 0 amide bonds. The van der Waals surface area contributed by atoms with Crippen molar-refractivity contribution in [1.29, 1.82) is 0 Å². The highest BCUT2D eigenvalue weighted by atomic mass is 16.1. The zero-order valence-electron chi connectivity index (χ0n) is 19.6. The largest absolute Gasteiger partial charge is 0.399 e. The number of hydrogen-bond donors (Lipinski definition) is 1. The monoisotopic (exact) mass is 471 g/mol. The lowest BCUT2D eigenvalue weighted by molar-refractivity contribution is 0.103. The van der Waals surface area contributed by atoms with E-state index in [4.69, 9.17) is 5.73 Å². The van der Waals surface area contributed by atoms with Crippen LogP contribution in [0.5, 0.6) is 0 Å². The maximum Gasteiger partial charge on any atom is 0.194 e. The Morgan fingerprint density at radius 2 is 0.811 bits per heavy atom. The van der Waals surface area contributed by atoms with Crippen LogP contribution >= 0.6 is 0 Å². The van der Waals surface area contributed by atoms with Crippen molar-refractivity contribution >= 4 is 60.3 Å². The van der Waals surface area contributed by atoms with E-state index in [1.807, 2.05) is 48.5 Å². The molecule has 2 aliphatic rings. The molecule has 0 aromatic heterocycles. The van der Waals surface area contributed by atoms with Crippen LogP contribution in [0.15, 0.2) is 91.0 Å². The van der Waals surface area contributed by atoms with Crippen molar-refractivity contribution in [1.82, 2.24) is 0 Å². The number of carbonyl (C=O) groups excluding carboxylic acids is 2. The zero-order chi connectivity index (χ0) is 24.6. The summed E-state index contributed by atoms with van der Waals surface area (Å²) in [6.45, 7) is 0. The smallest absolute Gasteiger partial charge is 0.194 e. The molecule has 0 heterocycles. The van der Waals surface area contributed by atoms with Crippen LogP contribution in [0, 0.1) is 0 Å². The van der Waals surface area contributed by atoms with Crippen LogP contribution in [0.2, 0.25) is 0 Å². The van der Waals surface area contributed by atoms with Crippen molar-refractivity contribution in [3.05, 3.63) is 113 Å². The molecular weight excluding hydrogens is 454 g/mol. The lowest BCUT2D eigenvalue weighted by Crippen LogP contribution is -2.11. The van der Waals surface area contributed by atoms with Gasteiger partial charge in [-0.3, -0.25) is 9.59 Å². The second kappa shape index (κ2) is 6.21. The van der Waals surface area contributed by atoms with E-state index in [1.54, 1.807) is 6.07 Å². The highest BCUT2D eigenvalue weighted by Crippen LogP contribution is 2.50. The average Bonchev–Trinajstić information content (AvgIpc) is 2.93. The van der Waals surface area contributed by atoms with Gasteiger partial charge in [0.2, 0.25) is 0 Å². The van der Waals surface area contributed by atoms with E-state index < -0.39 is 0 Å². The summed E-state index contributed by atoms with van der Waals surface area (Å²) < 4.78 is 0. The third-order valence-electron chi connectivity index (χ3n) is 8.43. The fraction of sp³-hybridized carbons (Fsp3) is 0. The molecule has 3 heteroatoms. The summed E-state index contributed by atoms with van der Waals surface area (Å²) in [5.74, 6) is 0.104. The molecule has 0 radical (unpaired) electrons. The van der Waals surface area contributed by atoms with E-state index in [2.05, 4.69) is 36.4 Å². The highest BCUT2D eigenvalue weighted by Gasteiger charge is 2.30. The summed E-state index contributed by atoms with van der Waals surface area (Å²) >= 11 is 0. The Bertz CT molecular complexity index is 2220. The molecule has 0 bridgehead atoms. The summed E-state index contributed by atoms with van der Waals surface area (Å²) in [7, 11) is 0. The van der Waals surface area contributed by atoms with Crippen LogP contribution in [0.3, 0.4) is 0 Å². The van der Waals surface area contributed by atoms with Crippen molar-refractivity contribution < 1.29 is 9.59 Å². The molecule has 2 aliphatic carbocycles. The molecular formula is C34H17NO2. The van der Waals surface area contributed by atoms with Gasteiger partial charge in [-0.25, -0.2) is 0 Å². The van der Waals surface area contributed by atoms with Gasteiger partial charge in [0, 0.05) is 38.7 Å². The van der Waals surface area contributed by atoms with Gasteiger partial charge in [0.05, 0.1) is 0 Å². The third kappa shape index (κ3) is 2.11. The first kappa shape index (κ1) is 19.2. The minimum atomic E-state index is 0.0319. The first-order valence-corrected chi connectivity index (χ1v) is 12.4. The lowest BCUT2D eigenvalue weighted by Gasteiger charge is -2.25. The van der Waals surface area contributed by atoms with E-state index in [9.17, 15) is 9.59 Å². The molecule has 2 N–H and O–H groups in total. The number of carbonyl (C=O) groups is 2. The molecule has 0 atom stereocenters. The second-order valence-electron chi connectivity index (χ2n) is 10.2. The number of ketones is 2. The van der Waals surface area contributed by atoms with E-state index in [0.717, 1.165) is 82.0 Å². The Labute approximate surface area is 211 Å². The molecule has 37 heavy (non-hydrogen) atoms. The van der Waals surface area contributed by atoms with Crippen LogP contribution in [-0.2, 0) is 0 Å². The molecule has 0 spiro atoms. The predicted octanol–water partition coefficient (Wildman–Crippen LogP) is 7.74. The number of nitrogen functional groups attached to an aromatic ring is 1. The quantitative estimate of drug-likeness (QED) is 0.140. The molecule has 0 aliphatic heterocycles. The van der Waals surface area contributed by atoms with Gasteiger partial charge in [0.1, 0.15) is 0 Å². The predicted molar refractivity (Wildman–Crippen MR) is 150 cm³/mol. The van der Waals surface area contributed by atoms with Crippen molar-refractivity contribution in [2.45, 2.75) is 0 Å². The minimum Gasteiger partial charge on any atom is -0.399 e. The van der Waals surface area contributed by atoms with Crippen LogP contribution in [-0.4, -0.2) is 11.6 Å². The number of rotatable bonds is 0. The average molecular weight is 472 g/mol. The standard InChI is InChI=1S/C34H17NO2/c35-16-5-6-25-28(15-16)23-10-9-20-19-8-7-18-17-3-1-2-4-24(17)33(36)26-13-11-21(29(19)31(18)26)22-12-14-27(34(25)37)32(23)30(20)22/h1-15H,35H2. The molecule has 0 unspecified atom stereocenters. The summed E-state index contributed by atoms with van der Waals surface area (Å²) in [5.41, 5.74) is 13.7. The molecule has 7 aromatic carbocycles. The summed E-state index contributed by atoms with van der Waals surface area (Å²) in [6, 6.07) is 30.1. The van der Waals surface area contributed by atoms with Crippen LogP contribution in [0.1, 0.15) is 31.8 Å².